The van der Waals surface area contributed by atoms with Crippen molar-refractivity contribution in [3.05, 3.63) is 45.4 Å². The zero-order valence-electron chi connectivity index (χ0n) is 15.9. The fraction of sp³-hybridized carbons (Fsp3) is 0.474. The van der Waals surface area contributed by atoms with Crippen LogP contribution in [0.1, 0.15) is 28.1 Å². The number of thiazole rings is 1. The maximum Gasteiger partial charge on any atom is 0.191 e. The fourth-order valence-corrected chi connectivity index (χ4v) is 3.25. The first-order valence-electron chi connectivity index (χ1n) is 8.80. The number of aliphatic hydroxyl groups excluding tert-OH is 1. The van der Waals surface area contributed by atoms with Crippen molar-refractivity contribution in [3.8, 4) is 5.75 Å². The van der Waals surface area contributed by atoms with Crippen molar-refractivity contribution in [2.45, 2.75) is 40.3 Å². The van der Waals surface area contributed by atoms with E-state index in [0.717, 1.165) is 33.4 Å². The lowest BCUT2D eigenvalue weighted by molar-refractivity contribution is 0.110. The molecule has 3 N–H and O–H groups in total. The van der Waals surface area contributed by atoms with E-state index in [4.69, 9.17) is 4.74 Å². The van der Waals surface area contributed by atoms with E-state index in [1.54, 1.807) is 11.3 Å². The maximum atomic E-state index is 10.2. The van der Waals surface area contributed by atoms with Gasteiger partial charge in [0.1, 0.15) is 18.5 Å². The summed E-state index contributed by atoms with van der Waals surface area (Å²) in [6.45, 7) is 9.93. The summed E-state index contributed by atoms with van der Waals surface area (Å²) in [6, 6.07) is 7.79. The minimum absolute atomic E-state index is 0.225. The summed E-state index contributed by atoms with van der Waals surface area (Å²) in [5, 5.41) is 17.5. The molecule has 26 heavy (non-hydrogen) atoms. The van der Waals surface area contributed by atoms with E-state index < -0.39 is 6.10 Å². The third-order valence-electron chi connectivity index (χ3n) is 3.66. The van der Waals surface area contributed by atoms with Gasteiger partial charge in [0.15, 0.2) is 5.96 Å². The van der Waals surface area contributed by atoms with E-state index >= 15 is 0 Å². The SMILES string of the molecule is CCNC(=NCc1sc(C)nc1C)NCC(O)COc1cccc(C)c1. The molecule has 0 bridgehead atoms. The Kier molecular flexibility index (Phi) is 7.87. The smallest absolute Gasteiger partial charge is 0.191 e. The van der Waals surface area contributed by atoms with Gasteiger partial charge in [-0.15, -0.1) is 11.3 Å². The molecule has 2 rings (SSSR count). The molecule has 0 aliphatic heterocycles. The summed E-state index contributed by atoms with van der Waals surface area (Å²) in [5.74, 6) is 1.44. The summed E-state index contributed by atoms with van der Waals surface area (Å²) in [6.07, 6.45) is -0.633. The van der Waals surface area contributed by atoms with Crippen LogP contribution in [0.2, 0.25) is 0 Å². The highest BCUT2D eigenvalue weighted by atomic mass is 32.1. The van der Waals surface area contributed by atoms with Crippen molar-refractivity contribution in [2.75, 3.05) is 19.7 Å². The van der Waals surface area contributed by atoms with Crippen LogP contribution < -0.4 is 15.4 Å². The molecule has 1 heterocycles. The molecule has 1 atom stereocenters. The zero-order chi connectivity index (χ0) is 18.9. The summed E-state index contributed by atoms with van der Waals surface area (Å²) in [5.41, 5.74) is 2.16. The van der Waals surface area contributed by atoms with Crippen LogP contribution in [0.15, 0.2) is 29.3 Å². The molecule has 1 aromatic carbocycles. The van der Waals surface area contributed by atoms with Crippen LogP contribution >= 0.6 is 11.3 Å². The number of aliphatic hydroxyl groups is 1. The molecule has 0 amide bonds. The van der Waals surface area contributed by atoms with Gasteiger partial charge >= 0.3 is 0 Å². The Morgan fingerprint density at radius 3 is 2.77 bits per heavy atom. The molecular formula is C19H28N4O2S. The highest BCUT2D eigenvalue weighted by molar-refractivity contribution is 7.11. The van der Waals surface area contributed by atoms with Gasteiger partial charge in [0.05, 0.1) is 17.2 Å². The topological polar surface area (TPSA) is 78.8 Å². The first-order chi connectivity index (χ1) is 12.5. The lowest BCUT2D eigenvalue weighted by Crippen LogP contribution is -2.42. The van der Waals surface area contributed by atoms with Crippen LogP contribution in [0.4, 0.5) is 0 Å². The van der Waals surface area contributed by atoms with Crippen LogP contribution in [0, 0.1) is 20.8 Å². The molecule has 0 saturated heterocycles. The average Bonchev–Trinajstić information content (AvgIpc) is 2.93. The number of rotatable bonds is 8. The molecule has 0 saturated carbocycles. The first kappa shape index (κ1) is 20.2. The molecule has 0 aliphatic rings. The minimum Gasteiger partial charge on any atom is -0.491 e. The molecular weight excluding hydrogens is 348 g/mol. The first-order valence-corrected chi connectivity index (χ1v) is 9.62. The molecule has 7 heteroatoms. The number of benzene rings is 1. The molecule has 2 aromatic rings. The number of nitrogens with zero attached hydrogens (tertiary/aromatic N) is 2. The third-order valence-corrected chi connectivity index (χ3v) is 4.72. The fourth-order valence-electron chi connectivity index (χ4n) is 2.38. The van der Waals surface area contributed by atoms with Gasteiger partial charge in [-0.3, -0.25) is 0 Å². The Morgan fingerprint density at radius 2 is 2.12 bits per heavy atom. The Hall–Kier alpha value is -2.12. The van der Waals surface area contributed by atoms with Gasteiger partial charge in [0.25, 0.3) is 0 Å². The number of guanidine groups is 1. The predicted octanol–water partition coefficient (Wildman–Crippen LogP) is 2.56. The molecule has 6 nitrogen and oxygen atoms in total. The molecule has 0 radical (unpaired) electrons. The van der Waals surface area contributed by atoms with Gasteiger partial charge in [-0.25, -0.2) is 9.98 Å². The molecule has 1 aromatic heterocycles. The second-order valence-corrected chi connectivity index (χ2v) is 7.39. The van der Waals surface area contributed by atoms with E-state index in [1.807, 2.05) is 52.0 Å². The van der Waals surface area contributed by atoms with Gasteiger partial charge < -0.3 is 20.5 Å². The van der Waals surface area contributed by atoms with Crippen molar-refractivity contribution < 1.29 is 9.84 Å². The summed E-state index contributed by atoms with van der Waals surface area (Å²) < 4.78 is 5.63. The van der Waals surface area contributed by atoms with Crippen molar-refractivity contribution >= 4 is 17.3 Å². The third kappa shape index (κ3) is 6.65. The van der Waals surface area contributed by atoms with Crippen molar-refractivity contribution in [1.82, 2.24) is 15.6 Å². The maximum absolute atomic E-state index is 10.2. The lowest BCUT2D eigenvalue weighted by Gasteiger charge is -2.16. The van der Waals surface area contributed by atoms with Gasteiger partial charge in [0, 0.05) is 18.0 Å². The van der Waals surface area contributed by atoms with Gasteiger partial charge in [-0.05, 0) is 45.4 Å². The standard InChI is InChI=1S/C19H28N4O2S/c1-5-20-19(22-11-18-14(3)23-15(4)26-18)21-10-16(24)12-25-17-8-6-7-13(2)9-17/h6-9,16,24H,5,10-12H2,1-4H3,(H2,20,21,22). The molecule has 0 aliphatic carbocycles. The highest BCUT2D eigenvalue weighted by Crippen LogP contribution is 2.17. The quantitative estimate of drug-likeness (QED) is 0.487. The number of hydrogen-bond donors (Lipinski definition) is 3. The van der Waals surface area contributed by atoms with E-state index in [9.17, 15) is 5.11 Å². The number of nitrogens with one attached hydrogen (secondary N) is 2. The summed E-state index contributed by atoms with van der Waals surface area (Å²) >= 11 is 1.66. The summed E-state index contributed by atoms with van der Waals surface area (Å²) in [4.78, 5) is 10.1. The van der Waals surface area contributed by atoms with Crippen LogP contribution in [-0.2, 0) is 6.54 Å². The minimum atomic E-state index is -0.633. The van der Waals surface area contributed by atoms with Crippen LogP contribution in [0.3, 0.4) is 0 Å². The number of hydrogen-bond acceptors (Lipinski definition) is 5. The van der Waals surface area contributed by atoms with E-state index in [1.165, 1.54) is 0 Å². The number of ether oxygens (including phenoxy) is 1. The molecule has 0 spiro atoms. The molecule has 1 unspecified atom stereocenters. The zero-order valence-corrected chi connectivity index (χ0v) is 16.7. The van der Waals surface area contributed by atoms with Crippen molar-refractivity contribution in [2.24, 2.45) is 4.99 Å². The van der Waals surface area contributed by atoms with Crippen LogP contribution in [0.5, 0.6) is 5.75 Å². The van der Waals surface area contributed by atoms with Crippen molar-refractivity contribution in [1.29, 1.82) is 0 Å². The van der Waals surface area contributed by atoms with Gasteiger partial charge in [0.2, 0.25) is 0 Å². The lowest BCUT2D eigenvalue weighted by atomic mass is 10.2. The average molecular weight is 377 g/mol. The summed E-state index contributed by atoms with van der Waals surface area (Å²) in [7, 11) is 0. The van der Waals surface area contributed by atoms with E-state index in [0.29, 0.717) is 19.0 Å². The van der Waals surface area contributed by atoms with Crippen LogP contribution in [0.25, 0.3) is 0 Å². The number of aryl methyl sites for hydroxylation is 3. The van der Waals surface area contributed by atoms with Crippen LogP contribution in [-0.4, -0.2) is 41.9 Å². The number of aromatic nitrogens is 1. The van der Waals surface area contributed by atoms with E-state index in [-0.39, 0.29) is 6.61 Å². The Morgan fingerprint density at radius 1 is 1.31 bits per heavy atom. The molecule has 142 valence electrons. The normalized spacial score (nSPS) is 12.7. The van der Waals surface area contributed by atoms with Gasteiger partial charge in [-0.1, -0.05) is 12.1 Å². The van der Waals surface area contributed by atoms with Crippen molar-refractivity contribution in [3.63, 3.8) is 0 Å². The largest absolute Gasteiger partial charge is 0.491 e. The second kappa shape index (κ2) is 10.1. The second-order valence-electron chi connectivity index (χ2n) is 6.10. The molecule has 0 fully saturated rings. The Balaban J connectivity index is 1.82. The Bertz CT molecular complexity index is 730. The highest BCUT2D eigenvalue weighted by Gasteiger charge is 2.08. The Labute approximate surface area is 159 Å². The van der Waals surface area contributed by atoms with Gasteiger partial charge in [-0.2, -0.15) is 0 Å². The number of aliphatic imine (C=N–C) groups is 1. The van der Waals surface area contributed by atoms with E-state index in [2.05, 4.69) is 20.6 Å². The monoisotopic (exact) mass is 376 g/mol. The predicted molar refractivity (Wildman–Crippen MR) is 107 cm³/mol.